The molecule has 0 radical (unpaired) electrons. The molecule has 23 heavy (non-hydrogen) atoms. The Labute approximate surface area is 139 Å². The van der Waals surface area contributed by atoms with Gasteiger partial charge in [0.05, 0.1) is 5.69 Å². The first-order valence-corrected chi connectivity index (χ1v) is 8.11. The Balaban J connectivity index is 1.75. The van der Waals surface area contributed by atoms with E-state index in [1.165, 1.54) is 16.9 Å². The molecule has 1 heterocycles. The van der Waals surface area contributed by atoms with Gasteiger partial charge in [-0.15, -0.1) is 0 Å². The molecular formula is C18H17N3OS. The van der Waals surface area contributed by atoms with Gasteiger partial charge in [0, 0.05) is 11.4 Å². The van der Waals surface area contributed by atoms with Crippen LogP contribution in [0.3, 0.4) is 0 Å². The molecule has 1 amide bonds. The molecule has 116 valence electrons. The van der Waals surface area contributed by atoms with Crippen LogP contribution in [0.4, 0.5) is 16.5 Å². The molecule has 0 aliphatic rings. The normalized spacial score (nSPS) is 10.3. The molecule has 0 saturated carbocycles. The lowest BCUT2D eigenvalue weighted by atomic mass is 10.2. The molecule has 3 rings (SSSR count). The average molecular weight is 323 g/mol. The van der Waals surface area contributed by atoms with Crippen molar-refractivity contribution in [2.24, 2.45) is 0 Å². The van der Waals surface area contributed by atoms with Gasteiger partial charge in [0.2, 0.25) is 0 Å². The summed E-state index contributed by atoms with van der Waals surface area (Å²) in [5, 5.41) is 6.84. The van der Waals surface area contributed by atoms with Crippen LogP contribution in [0.25, 0.3) is 0 Å². The molecule has 0 aliphatic heterocycles. The summed E-state index contributed by atoms with van der Waals surface area (Å²) >= 11 is 1.35. The maximum Gasteiger partial charge on any atom is 0.267 e. The van der Waals surface area contributed by atoms with Gasteiger partial charge in [0.15, 0.2) is 5.13 Å². The lowest BCUT2D eigenvalue weighted by Gasteiger charge is -2.03. The predicted octanol–water partition coefficient (Wildman–Crippen LogP) is 4.76. The fourth-order valence-corrected chi connectivity index (χ4v) is 3.01. The van der Waals surface area contributed by atoms with Crippen LogP contribution in [0.5, 0.6) is 0 Å². The number of para-hydroxylation sites is 1. The average Bonchev–Trinajstić information content (AvgIpc) is 2.91. The molecule has 4 nitrogen and oxygen atoms in total. The topological polar surface area (TPSA) is 54.0 Å². The fourth-order valence-electron chi connectivity index (χ4n) is 2.13. The van der Waals surface area contributed by atoms with E-state index in [1.807, 2.05) is 68.4 Å². The van der Waals surface area contributed by atoms with Gasteiger partial charge in [-0.1, -0.05) is 47.2 Å². The zero-order valence-corrected chi connectivity index (χ0v) is 13.8. The maximum atomic E-state index is 12.4. The molecule has 1 aromatic heterocycles. The third-order valence-electron chi connectivity index (χ3n) is 3.34. The van der Waals surface area contributed by atoms with Crippen LogP contribution < -0.4 is 10.6 Å². The molecule has 2 N–H and O–H groups in total. The summed E-state index contributed by atoms with van der Waals surface area (Å²) in [5.41, 5.74) is 3.66. The molecule has 5 heteroatoms. The summed E-state index contributed by atoms with van der Waals surface area (Å²) in [6.45, 7) is 3.89. The van der Waals surface area contributed by atoms with Crippen molar-refractivity contribution in [1.82, 2.24) is 4.98 Å². The van der Waals surface area contributed by atoms with Crippen molar-refractivity contribution >= 4 is 33.8 Å². The van der Waals surface area contributed by atoms with E-state index < -0.39 is 0 Å². The lowest BCUT2D eigenvalue weighted by Crippen LogP contribution is -2.11. The Morgan fingerprint density at radius 3 is 2.35 bits per heavy atom. The number of nitrogens with zero attached hydrogens (tertiary/aromatic N) is 1. The third kappa shape index (κ3) is 3.76. The van der Waals surface area contributed by atoms with E-state index in [0.717, 1.165) is 17.1 Å². The van der Waals surface area contributed by atoms with E-state index in [-0.39, 0.29) is 5.91 Å². The highest BCUT2D eigenvalue weighted by atomic mass is 32.1. The van der Waals surface area contributed by atoms with Gasteiger partial charge < -0.3 is 10.6 Å². The van der Waals surface area contributed by atoms with Crippen molar-refractivity contribution in [3.05, 3.63) is 70.7 Å². The summed E-state index contributed by atoms with van der Waals surface area (Å²) in [5.74, 6) is -0.136. The SMILES string of the molecule is Cc1ccc(Nc2nc(C)c(C(=O)Nc3ccccc3)s2)cc1. The van der Waals surface area contributed by atoms with Crippen LogP contribution in [0.2, 0.25) is 0 Å². The van der Waals surface area contributed by atoms with Crippen molar-refractivity contribution in [3.63, 3.8) is 0 Å². The molecule has 0 bridgehead atoms. The monoisotopic (exact) mass is 323 g/mol. The number of amides is 1. The molecule has 0 atom stereocenters. The number of aromatic nitrogens is 1. The van der Waals surface area contributed by atoms with Crippen LogP contribution >= 0.6 is 11.3 Å². The van der Waals surface area contributed by atoms with E-state index in [1.54, 1.807) is 0 Å². The zero-order chi connectivity index (χ0) is 16.2. The van der Waals surface area contributed by atoms with E-state index in [4.69, 9.17) is 0 Å². The molecule has 2 aromatic carbocycles. The summed E-state index contributed by atoms with van der Waals surface area (Å²) in [4.78, 5) is 17.4. The number of nitrogens with one attached hydrogen (secondary N) is 2. The lowest BCUT2D eigenvalue weighted by molar-refractivity contribution is 0.103. The minimum Gasteiger partial charge on any atom is -0.332 e. The van der Waals surface area contributed by atoms with E-state index >= 15 is 0 Å². The van der Waals surface area contributed by atoms with Crippen LogP contribution in [0.15, 0.2) is 54.6 Å². The summed E-state index contributed by atoms with van der Waals surface area (Å²) in [7, 11) is 0. The second kappa shape index (κ2) is 6.62. The van der Waals surface area contributed by atoms with Crippen molar-refractivity contribution in [2.45, 2.75) is 13.8 Å². The van der Waals surface area contributed by atoms with E-state index in [2.05, 4.69) is 15.6 Å². The molecular weight excluding hydrogens is 306 g/mol. The van der Waals surface area contributed by atoms with Crippen molar-refractivity contribution < 1.29 is 4.79 Å². The molecule has 0 aliphatic carbocycles. The van der Waals surface area contributed by atoms with Crippen LogP contribution in [-0.2, 0) is 0 Å². The van der Waals surface area contributed by atoms with Crippen LogP contribution in [-0.4, -0.2) is 10.9 Å². The first-order valence-electron chi connectivity index (χ1n) is 7.29. The Morgan fingerprint density at radius 1 is 0.957 bits per heavy atom. The number of hydrogen-bond donors (Lipinski definition) is 2. The van der Waals surface area contributed by atoms with Gasteiger partial charge in [-0.25, -0.2) is 4.98 Å². The second-order valence-electron chi connectivity index (χ2n) is 5.24. The van der Waals surface area contributed by atoms with E-state index in [9.17, 15) is 4.79 Å². The maximum absolute atomic E-state index is 12.4. The van der Waals surface area contributed by atoms with Gasteiger partial charge >= 0.3 is 0 Å². The minimum atomic E-state index is -0.136. The third-order valence-corrected chi connectivity index (χ3v) is 4.41. The fraction of sp³-hybridized carbons (Fsp3) is 0.111. The predicted molar refractivity (Wildman–Crippen MR) is 95.7 cm³/mol. The smallest absolute Gasteiger partial charge is 0.267 e. The summed E-state index contributed by atoms with van der Waals surface area (Å²) in [6.07, 6.45) is 0. The Kier molecular flexibility index (Phi) is 4.39. The zero-order valence-electron chi connectivity index (χ0n) is 13.0. The first-order chi connectivity index (χ1) is 11.1. The van der Waals surface area contributed by atoms with Crippen molar-refractivity contribution in [1.29, 1.82) is 0 Å². The molecule has 0 saturated heterocycles. The number of benzene rings is 2. The van der Waals surface area contributed by atoms with Crippen LogP contribution in [0.1, 0.15) is 20.9 Å². The van der Waals surface area contributed by atoms with Crippen LogP contribution in [0, 0.1) is 13.8 Å². The molecule has 0 unspecified atom stereocenters. The number of thiazole rings is 1. The van der Waals surface area contributed by atoms with Gasteiger partial charge in [-0.05, 0) is 38.1 Å². The minimum absolute atomic E-state index is 0.136. The van der Waals surface area contributed by atoms with E-state index in [0.29, 0.717) is 10.0 Å². The standard InChI is InChI=1S/C18H17N3OS/c1-12-8-10-15(11-9-12)21-18-19-13(2)16(23-18)17(22)20-14-6-4-3-5-7-14/h3-11H,1-2H3,(H,19,21)(H,20,22). The quantitative estimate of drug-likeness (QED) is 0.728. The first kappa shape index (κ1) is 15.2. The number of anilines is 3. The summed E-state index contributed by atoms with van der Waals surface area (Å²) < 4.78 is 0. The molecule has 0 spiro atoms. The number of carbonyl (C=O) groups excluding carboxylic acids is 1. The highest BCUT2D eigenvalue weighted by molar-refractivity contribution is 7.17. The highest BCUT2D eigenvalue weighted by Crippen LogP contribution is 2.26. The second-order valence-corrected chi connectivity index (χ2v) is 6.24. The van der Waals surface area contributed by atoms with Gasteiger partial charge in [-0.3, -0.25) is 4.79 Å². The van der Waals surface area contributed by atoms with Gasteiger partial charge in [0.25, 0.3) is 5.91 Å². The molecule has 3 aromatic rings. The number of hydrogen-bond acceptors (Lipinski definition) is 4. The Morgan fingerprint density at radius 2 is 1.65 bits per heavy atom. The largest absolute Gasteiger partial charge is 0.332 e. The summed E-state index contributed by atoms with van der Waals surface area (Å²) in [6, 6.07) is 17.5. The van der Waals surface area contributed by atoms with Crippen molar-refractivity contribution in [2.75, 3.05) is 10.6 Å². The van der Waals surface area contributed by atoms with Gasteiger partial charge in [0.1, 0.15) is 4.88 Å². The van der Waals surface area contributed by atoms with Crippen molar-refractivity contribution in [3.8, 4) is 0 Å². The number of aryl methyl sites for hydroxylation is 2. The molecule has 0 fully saturated rings. The highest BCUT2D eigenvalue weighted by Gasteiger charge is 2.15. The Bertz CT molecular complexity index is 810. The number of rotatable bonds is 4. The van der Waals surface area contributed by atoms with Gasteiger partial charge in [-0.2, -0.15) is 0 Å². The Hall–Kier alpha value is -2.66. The number of carbonyl (C=O) groups is 1.